The molecule has 0 unspecified atom stereocenters. The molecule has 0 saturated carbocycles. The molecule has 0 aliphatic heterocycles. The molecule has 1 aromatic heterocycles. The smallest absolute Gasteiger partial charge is 0.402 e. The summed E-state index contributed by atoms with van der Waals surface area (Å²) in [7, 11) is 0. The first-order valence-corrected chi connectivity index (χ1v) is 3.98. The number of hydrogen-bond donors (Lipinski definition) is 1. The Balaban J connectivity index is 3.37. The maximum Gasteiger partial charge on any atom is 0.573 e. The van der Waals surface area contributed by atoms with Crippen molar-refractivity contribution in [2.45, 2.75) is 12.8 Å². The second kappa shape index (κ2) is 4.40. The van der Waals surface area contributed by atoms with Crippen LogP contribution in [0.3, 0.4) is 0 Å². The van der Waals surface area contributed by atoms with E-state index >= 15 is 0 Å². The van der Waals surface area contributed by atoms with E-state index in [2.05, 4.69) is 9.72 Å². The van der Waals surface area contributed by atoms with E-state index in [1.54, 1.807) is 0 Å². The lowest BCUT2D eigenvalue weighted by Gasteiger charge is -2.13. The van der Waals surface area contributed by atoms with E-state index < -0.39 is 35.5 Å². The van der Waals surface area contributed by atoms with Crippen molar-refractivity contribution in [2.24, 2.45) is 0 Å². The number of pyridine rings is 1. The Hall–Kier alpha value is -2.11. The second-order valence-electron chi connectivity index (χ2n) is 2.76. The van der Waals surface area contributed by atoms with Gasteiger partial charge in [-0.1, -0.05) is 0 Å². The zero-order chi connectivity index (χ0) is 13.2. The summed E-state index contributed by atoms with van der Waals surface area (Å²) in [4.78, 5) is 3.09. The third kappa shape index (κ3) is 2.93. The number of nitrogens with two attached hydrogens (primary N) is 1. The lowest BCUT2D eigenvalue weighted by atomic mass is 10.2. The van der Waals surface area contributed by atoms with Crippen LogP contribution in [0.25, 0.3) is 0 Å². The number of nitrogens with zero attached hydrogens (tertiary/aromatic N) is 2. The third-order valence-electron chi connectivity index (χ3n) is 1.62. The molecule has 17 heavy (non-hydrogen) atoms. The van der Waals surface area contributed by atoms with Crippen LogP contribution in [0.4, 0.5) is 27.6 Å². The summed E-state index contributed by atoms with van der Waals surface area (Å²) < 4.78 is 64.1. The Kier molecular flexibility index (Phi) is 3.36. The quantitative estimate of drug-likeness (QED) is 0.821. The molecular weight excluding hydrogens is 249 g/mol. The SMILES string of the molecule is N#Cc1c(C(F)F)ncc(N)c1OC(F)(F)F. The number of rotatable bonds is 2. The Morgan fingerprint density at radius 2 is 2.00 bits per heavy atom. The van der Waals surface area contributed by atoms with Crippen LogP contribution in [0, 0.1) is 11.3 Å². The van der Waals surface area contributed by atoms with Gasteiger partial charge in [-0.2, -0.15) is 5.26 Å². The first-order chi connectivity index (χ1) is 7.76. The lowest BCUT2D eigenvalue weighted by molar-refractivity contribution is -0.274. The molecule has 0 amide bonds. The van der Waals surface area contributed by atoms with E-state index in [1.807, 2.05) is 0 Å². The fourth-order valence-electron chi connectivity index (χ4n) is 1.02. The fourth-order valence-corrected chi connectivity index (χ4v) is 1.02. The molecule has 9 heteroatoms. The van der Waals surface area contributed by atoms with E-state index in [0.717, 1.165) is 6.07 Å². The van der Waals surface area contributed by atoms with Crippen LogP contribution in [-0.2, 0) is 0 Å². The van der Waals surface area contributed by atoms with Crippen LogP contribution < -0.4 is 10.5 Å². The van der Waals surface area contributed by atoms with E-state index in [9.17, 15) is 22.0 Å². The normalized spacial score (nSPS) is 11.4. The van der Waals surface area contributed by atoms with Crippen molar-refractivity contribution in [3.05, 3.63) is 17.5 Å². The van der Waals surface area contributed by atoms with Crippen LogP contribution in [0.15, 0.2) is 6.20 Å². The molecule has 2 N–H and O–H groups in total. The summed E-state index contributed by atoms with van der Waals surface area (Å²) in [6, 6.07) is 1.16. The van der Waals surface area contributed by atoms with Crippen LogP contribution >= 0.6 is 0 Å². The van der Waals surface area contributed by atoms with Gasteiger partial charge < -0.3 is 10.5 Å². The van der Waals surface area contributed by atoms with Gasteiger partial charge in [-0.05, 0) is 0 Å². The van der Waals surface area contributed by atoms with Gasteiger partial charge in [0.1, 0.15) is 17.3 Å². The number of nitriles is 1. The molecule has 1 aromatic rings. The van der Waals surface area contributed by atoms with Gasteiger partial charge in [0.25, 0.3) is 6.43 Å². The number of hydrogen-bond acceptors (Lipinski definition) is 4. The van der Waals surface area contributed by atoms with Gasteiger partial charge in [-0.25, -0.2) is 8.78 Å². The lowest BCUT2D eigenvalue weighted by Crippen LogP contribution is -2.19. The number of ether oxygens (including phenoxy) is 1. The molecule has 92 valence electrons. The number of aromatic nitrogens is 1. The van der Waals surface area contributed by atoms with Crippen molar-refractivity contribution in [1.82, 2.24) is 4.98 Å². The summed E-state index contributed by atoms with van der Waals surface area (Å²) in [5.41, 5.74) is 2.30. The van der Waals surface area contributed by atoms with Gasteiger partial charge in [0.2, 0.25) is 0 Å². The monoisotopic (exact) mass is 253 g/mol. The molecule has 1 rings (SSSR count). The number of anilines is 1. The minimum atomic E-state index is -5.14. The minimum absolute atomic E-state index is 0.573. The Labute approximate surface area is 91.4 Å². The van der Waals surface area contributed by atoms with E-state index in [-0.39, 0.29) is 0 Å². The average Bonchev–Trinajstić information content (AvgIpc) is 2.18. The molecular formula is C8H4F5N3O. The highest BCUT2D eigenvalue weighted by Crippen LogP contribution is 2.35. The number of nitrogen functional groups attached to an aromatic ring is 1. The van der Waals surface area contributed by atoms with Gasteiger partial charge in [0.15, 0.2) is 5.75 Å². The van der Waals surface area contributed by atoms with Crippen LogP contribution in [0.2, 0.25) is 0 Å². The van der Waals surface area contributed by atoms with Crippen molar-refractivity contribution >= 4 is 5.69 Å². The predicted molar refractivity (Wildman–Crippen MR) is 45.0 cm³/mol. The Bertz CT molecular complexity index is 465. The standard InChI is InChI=1S/C8H4F5N3O/c9-7(10)5-3(1-14)6(4(15)2-16-5)17-8(11,12)13/h2,7H,15H2. The van der Waals surface area contributed by atoms with Crippen LogP contribution in [-0.4, -0.2) is 11.3 Å². The zero-order valence-electron chi connectivity index (χ0n) is 7.92. The molecule has 0 radical (unpaired) electrons. The highest BCUT2D eigenvalue weighted by molar-refractivity contribution is 5.61. The van der Waals surface area contributed by atoms with Gasteiger partial charge in [0, 0.05) is 0 Å². The molecule has 0 saturated heterocycles. The average molecular weight is 253 g/mol. The molecule has 0 aliphatic rings. The van der Waals surface area contributed by atoms with Gasteiger partial charge in [-0.15, -0.1) is 13.2 Å². The second-order valence-corrected chi connectivity index (χ2v) is 2.76. The van der Waals surface area contributed by atoms with Gasteiger partial charge in [0.05, 0.1) is 11.9 Å². The van der Waals surface area contributed by atoms with Crippen LogP contribution in [0.5, 0.6) is 5.75 Å². The summed E-state index contributed by atoms with van der Waals surface area (Å²) in [5.74, 6) is -1.16. The Morgan fingerprint density at radius 1 is 1.41 bits per heavy atom. The van der Waals surface area contributed by atoms with Crippen LogP contribution in [0.1, 0.15) is 17.7 Å². The molecule has 0 aliphatic carbocycles. The maximum absolute atomic E-state index is 12.4. The molecule has 4 nitrogen and oxygen atoms in total. The molecule has 1 heterocycles. The van der Waals surface area contributed by atoms with E-state index in [1.165, 1.54) is 0 Å². The highest BCUT2D eigenvalue weighted by Gasteiger charge is 2.34. The van der Waals surface area contributed by atoms with E-state index in [4.69, 9.17) is 11.0 Å². The number of alkyl halides is 5. The van der Waals surface area contributed by atoms with Crippen molar-refractivity contribution in [3.63, 3.8) is 0 Å². The third-order valence-corrected chi connectivity index (χ3v) is 1.62. The first kappa shape index (κ1) is 13.0. The largest absolute Gasteiger partial charge is 0.573 e. The summed E-state index contributed by atoms with van der Waals surface area (Å²) in [6.07, 6.45) is -7.77. The molecule has 0 atom stereocenters. The van der Waals surface area contributed by atoms with Gasteiger partial charge >= 0.3 is 6.36 Å². The minimum Gasteiger partial charge on any atom is -0.402 e. The summed E-state index contributed by atoms with van der Waals surface area (Å²) in [6.45, 7) is 0. The molecule has 0 spiro atoms. The van der Waals surface area contributed by atoms with E-state index in [0.29, 0.717) is 6.20 Å². The van der Waals surface area contributed by atoms with Gasteiger partial charge in [-0.3, -0.25) is 4.98 Å². The van der Waals surface area contributed by atoms with Crippen molar-refractivity contribution in [3.8, 4) is 11.8 Å². The fraction of sp³-hybridized carbons (Fsp3) is 0.250. The number of halogens is 5. The van der Waals surface area contributed by atoms with Crippen molar-refractivity contribution in [2.75, 3.05) is 5.73 Å². The molecule has 0 aromatic carbocycles. The summed E-state index contributed by atoms with van der Waals surface area (Å²) in [5, 5.41) is 8.54. The highest BCUT2D eigenvalue weighted by atomic mass is 19.4. The predicted octanol–water partition coefficient (Wildman–Crippen LogP) is 2.37. The summed E-state index contributed by atoms with van der Waals surface area (Å²) >= 11 is 0. The zero-order valence-corrected chi connectivity index (χ0v) is 7.92. The first-order valence-electron chi connectivity index (χ1n) is 3.98. The van der Waals surface area contributed by atoms with Crippen molar-refractivity contribution in [1.29, 1.82) is 5.26 Å². The molecule has 0 bridgehead atoms. The Morgan fingerprint density at radius 3 is 2.41 bits per heavy atom. The van der Waals surface area contributed by atoms with Crippen molar-refractivity contribution < 1.29 is 26.7 Å². The maximum atomic E-state index is 12.4. The topological polar surface area (TPSA) is 71.9 Å². The molecule has 0 fully saturated rings.